The summed E-state index contributed by atoms with van der Waals surface area (Å²) in [5.74, 6) is 1.33. The van der Waals surface area contributed by atoms with Gasteiger partial charge in [-0.3, -0.25) is 4.99 Å². The molecule has 0 fully saturated rings. The number of halogens is 1. The first-order valence-corrected chi connectivity index (χ1v) is 7.85. The van der Waals surface area contributed by atoms with Gasteiger partial charge in [-0.05, 0) is 11.5 Å². The molecule has 1 unspecified atom stereocenters. The zero-order valence-electron chi connectivity index (χ0n) is 14.3. The molecule has 6 heteroatoms. The lowest BCUT2D eigenvalue weighted by Crippen LogP contribution is -2.41. The van der Waals surface area contributed by atoms with E-state index in [-0.39, 0.29) is 36.5 Å². The minimum absolute atomic E-state index is 0. The number of aliphatic imine (C=N–C) groups is 1. The van der Waals surface area contributed by atoms with Gasteiger partial charge in [0.05, 0.1) is 13.2 Å². The first-order valence-electron chi connectivity index (χ1n) is 7.85. The molecule has 1 aromatic carbocycles. The molecular weight excluding hydrogens is 405 g/mol. The van der Waals surface area contributed by atoms with Gasteiger partial charge in [0.25, 0.3) is 0 Å². The standard InChI is InChI=1S/C17H29N3O2.HI/c1-14(2)13-22-10-9-19-17(18-3)20-11-16(12-21)15-7-5-4-6-8-15;/h4-8,14,16,21H,9-13H2,1-3H3,(H2,18,19,20);1H. The van der Waals surface area contributed by atoms with E-state index in [4.69, 9.17) is 4.74 Å². The molecule has 132 valence electrons. The van der Waals surface area contributed by atoms with Crippen LogP contribution in [0.5, 0.6) is 0 Å². The second-order valence-electron chi connectivity index (χ2n) is 5.64. The summed E-state index contributed by atoms with van der Waals surface area (Å²) >= 11 is 0. The Balaban J connectivity index is 0.00000484. The lowest BCUT2D eigenvalue weighted by Gasteiger charge is -2.18. The monoisotopic (exact) mass is 435 g/mol. The fraction of sp³-hybridized carbons (Fsp3) is 0.588. The first-order chi connectivity index (χ1) is 10.7. The molecule has 0 amide bonds. The maximum absolute atomic E-state index is 9.54. The van der Waals surface area contributed by atoms with Crippen molar-refractivity contribution in [1.82, 2.24) is 10.6 Å². The number of benzene rings is 1. The third-order valence-electron chi connectivity index (χ3n) is 3.22. The van der Waals surface area contributed by atoms with Crippen molar-refractivity contribution in [2.45, 2.75) is 19.8 Å². The molecule has 0 saturated heterocycles. The molecule has 1 rings (SSSR count). The van der Waals surface area contributed by atoms with E-state index in [2.05, 4.69) is 29.5 Å². The number of nitrogens with zero attached hydrogens (tertiary/aromatic N) is 1. The summed E-state index contributed by atoms with van der Waals surface area (Å²) in [6, 6.07) is 9.99. The Morgan fingerprint density at radius 3 is 2.48 bits per heavy atom. The summed E-state index contributed by atoms with van der Waals surface area (Å²) in [6.07, 6.45) is 0. The molecule has 0 aliphatic rings. The van der Waals surface area contributed by atoms with Gasteiger partial charge in [0.2, 0.25) is 0 Å². The van der Waals surface area contributed by atoms with Gasteiger partial charge in [-0.25, -0.2) is 0 Å². The van der Waals surface area contributed by atoms with Crippen molar-refractivity contribution in [2.24, 2.45) is 10.9 Å². The Bertz CT molecular complexity index is 427. The summed E-state index contributed by atoms with van der Waals surface area (Å²) in [6.45, 7) is 7.13. The third-order valence-corrected chi connectivity index (χ3v) is 3.22. The zero-order chi connectivity index (χ0) is 16.2. The van der Waals surface area contributed by atoms with Crippen molar-refractivity contribution in [3.63, 3.8) is 0 Å². The number of aliphatic hydroxyl groups excluding tert-OH is 1. The topological polar surface area (TPSA) is 65.9 Å². The maximum atomic E-state index is 9.54. The normalized spacial score (nSPS) is 12.7. The largest absolute Gasteiger partial charge is 0.396 e. The Morgan fingerprint density at radius 1 is 1.22 bits per heavy atom. The van der Waals surface area contributed by atoms with E-state index >= 15 is 0 Å². The predicted octanol–water partition coefficient (Wildman–Crippen LogP) is 2.22. The highest BCUT2D eigenvalue weighted by Crippen LogP contribution is 2.13. The molecule has 0 bridgehead atoms. The minimum atomic E-state index is 0. The van der Waals surface area contributed by atoms with E-state index in [0.29, 0.717) is 25.6 Å². The number of hydrogen-bond donors (Lipinski definition) is 3. The minimum Gasteiger partial charge on any atom is -0.396 e. The highest BCUT2D eigenvalue weighted by Gasteiger charge is 2.10. The molecule has 0 aliphatic carbocycles. The third kappa shape index (κ3) is 9.78. The predicted molar refractivity (Wildman–Crippen MR) is 107 cm³/mol. The highest BCUT2D eigenvalue weighted by molar-refractivity contribution is 14.0. The Kier molecular flexibility index (Phi) is 13.1. The van der Waals surface area contributed by atoms with Gasteiger partial charge in [-0.1, -0.05) is 44.2 Å². The lowest BCUT2D eigenvalue weighted by atomic mass is 10.0. The van der Waals surface area contributed by atoms with Gasteiger partial charge in [-0.15, -0.1) is 24.0 Å². The van der Waals surface area contributed by atoms with Crippen molar-refractivity contribution in [3.8, 4) is 0 Å². The lowest BCUT2D eigenvalue weighted by molar-refractivity contribution is 0.114. The molecule has 0 spiro atoms. The van der Waals surface area contributed by atoms with Gasteiger partial charge >= 0.3 is 0 Å². The SMILES string of the molecule is CN=C(NCCOCC(C)C)NCC(CO)c1ccccc1.I. The smallest absolute Gasteiger partial charge is 0.191 e. The Morgan fingerprint density at radius 2 is 1.91 bits per heavy atom. The van der Waals surface area contributed by atoms with Crippen LogP contribution in [-0.4, -0.2) is 51.0 Å². The maximum Gasteiger partial charge on any atom is 0.191 e. The van der Waals surface area contributed by atoms with E-state index in [1.54, 1.807) is 7.05 Å². The van der Waals surface area contributed by atoms with Gasteiger partial charge in [0, 0.05) is 32.7 Å². The molecule has 0 heterocycles. The molecule has 0 saturated carbocycles. The average Bonchev–Trinajstić information content (AvgIpc) is 2.53. The molecule has 1 atom stereocenters. The molecular formula is C17H30IN3O2. The molecule has 5 nitrogen and oxygen atoms in total. The van der Waals surface area contributed by atoms with Crippen LogP contribution in [0.2, 0.25) is 0 Å². The summed E-state index contributed by atoms with van der Waals surface area (Å²) in [7, 11) is 1.74. The number of hydrogen-bond acceptors (Lipinski definition) is 3. The number of rotatable bonds is 9. The van der Waals surface area contributed by atoms with Crippen LogP contribution in [-0.2, 0) is 4.74 Å². The fourth-order valence-electron chi connectivity index (χ4n) is 2.01. The van der Waals surface area contributed by atoms with Crippen LogP contribution in [0.15, 0.2) is 35.3 Å². The van der Waals surface area contributed by atoms with Gasteiger partial charge in [-0.2, -0.15) is 0 Å². The number of ether oxygens (including phenoxy) is 1. The van der Waals surface area contributed by atoms with Crippen LogP contribution in [0.3, 0.4) is 0 Å². The van der Waals surface area contributed by atoms with E-state index in [9.17, 15) is 5.11 Å². The van der Waals surface area contributed by atoms with Crippen molar-refractivity contribution < 1.29 is 9.84 Å². The molecule has 3 N–H and O–H groups in total. The second-order valence-corrected chi connectivity index (χ2v) is 5.64. The van der Waals surface area contributed by atoms with Crippen LogP contribution >= 0.6 is 24.0 Å². The van der Waals surface area contributed by atoms with Crippen molar-refractivity contribution in [3.05, 3.63) is 35.9 Å². The van der Waals surface area contributed by atoms with Gasteiger partial charge in [0.15, 0.2) is 5.96 Å². The fourth-order valence-corrected chi connectivity index (χ4v) is 2.01. The molecule has 0 aliphatic heterocycles. The molecule has 0 aromatic heterocycles. The van der Waals surface area contributed by atoms with Crippen molar-refractivity contribution in [2.75, 3.05) is 40.0 Å². The average molecular weight is 435 g/mol. The van der Waals surface area contributed by atoms with E-state index in [1.807, 2.05) is 30.3 Å². The summed E-state index contributed by atoms with van der Waals surface area (Å²) in [5, 5.41) is 16.0. The number of aliphatic hydroxyl groups is 1. The van der Waals surface area contributed by atoms with Gasteiger partial charge in [0.1, 0.15) is 0 Å². The number of nitrogens with one attached hydrogen (secondary N) is 2. The summed E-state index contributed by atoms with van der Waals surface area (Å²) < 4.78 is 5.52. The van der Waals surface area contributed by atoms with Crippen LogP contribution in [0.1, 0.15) is 25.3 Å². The quantitative estimate of drug-likeness (QED) is 0.241. The molecule has 23 heavy (non-hydrogen) atoms. The van der Waals surface area contributed by atoms with Crippen LogP contribution in [0, 0.1) is 5.92 Å². The molecule has 0 radical (unpaired) electrons. The van der Waals surface area contributed by atoms with Crippen LogP contribution < -0.4 is 10.6 Å². The van der Waals surface area contributed by atoms with Crippen LogP contribution in [0.4, 0.5) is 0 Å². The Labute approximate surface area is 156 Å². The highest BCUT2D eigenvalue weighted by atomic mass is 127. The summed E-state index contributed by atoms with van der Waals surface area (Å²) in [4.78, 5) is 4.18. The molecule has 1 aromatic rings. The Hall–Kier alpha value is -0.860. The van der Waals surface area contributed by atoms with Crippen molar-refractivity contribution in [1.29, 1.82) is 0 Å². The van der Waals surface area contributed by atoms with E-state index < -0.39 is 0 Å². The van der Waals surface area contributed by atoms with E-state index in [0.717, 1.165) is 18.1 Å². The first kappa shape index (κ1) is 22.1. The number of guanidine groups is 1. The summed E-state index contributed by atoms with van der Waals surface area (Å²) in [5.41, 5.74) is 1.12. The second kappa shape index (κ2) is 13.6. The van der Waals surface area contributed by atoms with Crippen LogP contribution in [0.25, 0.3) is 0 Å². The zero-order valence-corrected chi connectivity index (χ0v) is 16.6. The van der Waals surface area contributed by atoms with Crippen molar-refractivity contribution >= 4 is 29.9 Å². The van der Waals surface area contributed by atoms with Gasteiger partial charge < -0.3 is 20.5 Å². The van der Waals surface area contributed by atoms with E-state index in [1.165, 1.54) is 0 Å².